The fourth-order valence-corrected chi connectivity index (χ4v) is 4.10. The average Bonchev–Trinajstić information content (AvgIpc) is 2.85. The van der Waals surface area contributed by atoms with E-state index in [-0.39, 0.29) is 11.5 Å². The number of nitrogens with one attached hydrogen (secondary N) is 1. The number of aryl methyl sites for hydroxylation is 1. The molecule has 2 rings (SSSR count). The van der Waals surface area contributed by atoms with Gasteiger partial charge < -0.3 is 10.1 Å². The standard InChI is InChI=1S/C16H18ClNO5S/c1-11-2-3-12(8-14(11)17)4-5-16(20)23-9-15(19)18-13-6-7-24(21,22)10-13/h2-5,8,13H,6-7,9-10H2,1H3,(H,18,19)/b5-4+/t13-/m1/s1. The smallest absolute Gasteiger partial charge is 0.331 e. The maximum absolute atomic E-state index is 11.6. The van der Waals surface area contributed by atoms with Crippen LogP contribution in [-0.2, 0) is 24.2 Å². The van der Waals surface area contributed by atoms with Crippen molar-refractivity contribution in [1.29, 1.82) is 0 Å². The lowest BCUT2D eigenvalue weighted by Crippen LogP contribution is -2.38. The number of carbonyl (C=O) groups excluding carboxylic acids is 2. The van der Waals surface area contributed by atoms with Crippen LogP contribution in [0.25, 0.3) is 6.08 Å². The van der Waals surface area contributed by atoms with Gasteiger partial charge in [0, 0.05) is 17.1 Å². The molecule has 1 aliphatic heterocycles. The Morgan fingerprint density at radius 1 is 1.42 bits per heavy atom. The number of sulfone groups is 1. The highest BCUT2D eigenvalue weighted by Gasteiger charge is 2.28. The van der Waals surface area contributed by atoms with Crippen molar-refractivity contribution in [2.75, 3.05) is 18.1 Å². The Morgan fingerprint density at radius 2 is 2.17 bits per heavy atom. The van der Waals surface area contributed by atoms with E-state index in [4.69, 9.17) is 16.3 Å². The molecule has 24 heavy (non-hydrogen) atoms. The summed E-state index contributed by atoms with van der Waals surface area (Å²) in [5.41, 5.74) is 1.67. The number of amides is 1. The van der Waals surface area contributed by atoms with Crippen molar-refractivity contribution < 1.29 is 22.7 Å². The summed E-state index contributed by atoms with van der Waals surface area (Å²) in [7, 11) is -3.06. The molecule has 1 fully saturated rings. The molecule has 0 aromatic heterocycles. The Balaban J connectivity index is 1.77. The quantitative estimate of drug-likeness (QED) is 0.626. The third-order valence-corrected chi connectivity index (χ3v) is 5.73. The topological polar surface area (TPSA) is 89.5 Å². The van der Waals surface area contributed by atoms with Gasteiger partial charge in [-0.25, -0.2) is 13.2 Å². The second-order valence-electron chi connectivity index (χ2n) is 5.62. The van der Waals surface area contributed by atoms with Crippen molar-refractivity contribution in [3.8, 4) is 0 Å². The van der Waals surface area contributed by atoms with Gasteiger partial charge >= 0.3 is 5.97 Å². The van der Waals surface area contributed by atoms with Gasteiger partial charge in [-0.2, -0.15) is 0 Å². The first-order valence-corrected chi connectivity index (χ1v) is 9.56. The molecule has 0 unspecified atom stereocenters. The van der Waals surface area contributed by atoms with Crippen molar-refractivity contribution in [2.45, 2.75) is 19.4 Å². The van der Waals surface area contributed by atoms with Crippen molar-refractivity contribution >= 4 is 39.4 Å². The summed E-state index contributed by atoms with van der Waals surface area (Å²) in [5, 5.41) is 3.13. The van der Waals surface area contributed by atoms with Crippen LogP contribution in [0.15, 0.2) is 24.3 Å². The van der Waals surface area contributed by atoms with E-state index in [1.807, 2.05) is 13.0 Å². The number of carbonyl (C=O) groups is 2. The molecule has 0 saturated carbocycles. The number of hydrogen-bond acceptors (Lipinski definition) is 5. The number of halogens is 1. The molecular weight excluding hydrogens is 354 g/mol. The Kier molecular flexibility index (Phi) is 6.01. The zero-order valence-corrected chi connectivity index (χ0v) is 14.7. The van der Waals surface area contributed by atoms with Gasteiger partial charge in [0.15, 0.2) is 16.4 Å². The third kappa shape index (κ3) is 5.65. The summed E-state index contributed by atoms with van der Waals surface area (Å²) in [4.78, 5) is 23.2. The van der Waals surface area contributed by atoms with E-state index >= 15 is 0 Å². The molecule has 0 aliphatic carbocycles. The van der Waals surface area contributed by atoms with Crippen molar-refractivity contribution in [3.63, 3.8) is 0 Å². The highest BCUT2D eigenvalue weighted by molar-refractivity contribution is 7.91. The number of esters is 1. The molecule has 1 amide bonds. The molecule has 1 atom stereocenters. The van der Waals surface area contributed by atoms with Crippen LogP contribution in [0, 0.1) is 6.92 Å². The van der Waals surface area contributed by atoms with Crippen LogP contribution in [-0.4, -0.2) is 44.4 Å². The maximum atomic E-state index is 11.6. The lowest BCUT2D eigenvalue weighted by molar-refractivity contribution is -0.143. The zero-order chi connectivity index (χ0) is 17.7. The zero-order valence-electron chi connectivity index (χ0n) is 13.1. The lowest BCUT2D eigenvalue weighted by Gasteiger charge is -2.10. The van der Waals surface area contributed by atoms with Gasteiger partial charge in [0.1, 0.15) is 0 Å². The van der Waals surface area contributed by atoms with Gasteiger partial charge in [-0.15, -0.1) is 0 Å². The first-order valence-electron chi connectivity index (χ1n) is 7.36. The van der Waals surface area contributed by atoms with Crippen molar-refractivity contribution in [2.24, 2.45) is 0 Å². The maximum Gasteiger partial charge on any atom is 0.331 e. The first kappa shape index (κ1) is 18.5. The van der Waals surface area contributed by atoms with E-state index in [2.05, 4.69) is 5.32 Å². The number of hydrogen-bond donors (Lipinski definition) is 1. The highest BCUT2D eigenvalue weighted by Crippen LogP contribution is 2.17. The van der Waals surface area contributed by atoms with Crippen LogP contribution < -0.4 is 5.32 Å². The second-order valence-corrected chi connectivity index (χ2v) is 8.25. The Bertz CT molecular complexity index is 773. The summed E-state index contributed by atoms with van der Waals surface area (Å²) in [6, 6.07) is 4.94. The first-order chi connectivity index (χ1) is 11.2. The van der Waals surface area contributed by atoms with Gasteiger partial charge in [-0.1, -0.05) is 23.7 Å². The van der Waals surface area contributed by atoms with Crippen molar-refractivity contribution in [1.82, 2.24) is 5.32 Å². The van der Waals surface area contributed by atoms with E-state index in [9.17, 15) is 18.0 Å². The van der Waals surface area contributed by atoms with Gasteiger partial charge in [-0.05, 0) is 36.6 Å². The minimum atomic E-state index is -3.06. The minimum absolute atomic E-state index is 0.0687. The Hall–Kier alpha value is -1.86. The fraction of sp³-hybridized carbons (Fsp3) is 0.375. The average molecular weight is 372 g/mol. The number of benzene rings is 1. The Labute approximate surface area is 145 Å². The molecule has 130 valence electrons. The molecule has 1 heterocycles. The molecule has 1 aromatic carbocycles. The molecule has 0 spiro atoms. The molecule has 6 nitrogen and oxygen atoms in total. The largest absolute Gasteiger partial charge is 0.452 e. The van der Waals surface area contributed by atoms with Crippen LogP contribution >= 0.6 is 11.6 Å². The van der Waals surface area contributed by atoms with Gasteiger partial charge in [0.05, 0.1) is 11.5 Å². The SMILES string of the molecule is Cc1ccc(/C=C/C(=O)OCC(=O)N[C@@H]2CCS(=O)(=O)C2)cc1Cl. The molecule has 1 aromatic rings. The van der Waals surface area contributed by atoms with Gasteiger partial charge in [0.2, 0.25) is 0 Å². The van der Waals surface area contributed by atoms with Crippen LogP contribution in [0.3, 0.4) is 0 Å². The van der Waals surface area contributed by atoms with E-state index in [0.29, 0.717) is 11.4 Å². The second kappa shape index (κ2) is 7.81. The summed E-state index contributed by atoms with van der Waals surface area (Å²) >= 11 is 5.99. The summed E-state index contributed by atoms with van der Waals surface area (Å²) in [6.07, 6.45) is 3.12. The molecule has 0 bridgehead atoms. The molecule has 1 saturated heterocycles. The molecule has 1 aliphatic rings. The van der Waals surface area contributed by atoms with Gasteiger partial charge in [0.25, 0.3) is 5.91 Å². The summed E-state index contributed by atoms with van der Waals surface area (Å²) in [6.45, 7) is 1.42. The lowest BCUT2D eigenvalue weighted by atomic mass is 10.1. The number of rotatable bonds is 5. The molecule has 8 heteroatoms. The fourth-order valence-electron chi connectivity index (χ4n) is 2.24. The van der Waals surface area contributed by atoms with E-state index < -0.39 is 34.4 Å². The van der Waals surface area contributed by atoms with Crippen LogP contribution in [0.2, 0.25) is 5.02 Å². The molecular formula is C16H18ClNO5S. The predicted molar refractivity (Wildman–Crippen MR) is 91.4 cm³/mol. The predicted octanol–water partition coefficient (Wildman–Crippen LogP) is 1.51. The summed E-state index contributed by atoms with van der Waals surface area (Å²) in [5.74, 6) is -1.18. The highest BCUT2D eigenvalue weighted by atomic mass is 35.5. The molecule has 0 radical (unpaired) electrons. The Morgan fingerprint density at radius 3 is 2.79 bits per heavy atom. The number of ether oxygens (including phenoxy) is 1. The summed E-state index contributed by atoms with van der Waals surface area (Å²) < 4.78 is 27.4. The van der Waals surface area contributed by atoms with Crippen LogP contribution in [0.4, 0.5) is 0 Å². The minimum Gasteiger partial charge on any atom is -0.452 e. The molecule has 1 N–H and O–H groups in total. The van der Waals surface area contributed by atoms with Crippen LogP contribution in [0.5, 0.6) is 0 Å². The van der Waals surface area contributed by atoms with E-state index in [1.54, 1.807) is 12.1 Å². The van der Waals surface area contributed by atoms with E-state index in [1.165, 1.54) is 12.2 Å². The van der Waals surface area contributed by atoms with Crippen molar-refractivity contribution in [3.05, 3.63) is 40.4 Å². The van der Waals surface area contributed by atoms with E-state index in [0.717, 1.165) is 11.1 Å². The monoisotopic (exact) mass is 371 g/mol. The normalized spacial score (nSPS) is 19.3. The van der Waals surface area contributed by atoms with Gasteiger partial charge in [-0.3, -0.25) is 4.79 Å². The third-order valence-electron chi connectivity index (χ3n) is 3.55. The van der Waals surface area contributed by atoms with Crippen LogP contribution in [0.1, 0.15) is 17.5 Å².